The van der Waals surface area contributed by atoms with Gasteiger partial charge in [-0.1, -0.05) is 17.7 Å². The van der Waals surface area contributed by atoms with Crippen molar-refractivity contribution in [2.24, 2.45) is 5.73 Å². The molecule has 0 aliphatic rings. The molecule has 3 aromatic rings. The maximum absolute atomic E-state index is 9.74. The standard InChI is InChI=1S/C16H14N6.C6H7ClOS/c17-5-12(6-18)16-9-21-14-2-1-10(4-15(14)22-16)11-3-13(19)8-20-7-11;1-5(9)6(7)3-2-4-8/h1-9,17H,18-19H2;2-4,9H,1H3/b12-6+,17-5?;3-2-,6-5-. The van der Waals surface area contributed by atoms with E-state index < -0.39 is 0 Å². The predicted molar refractivity (Wildman–Crippen MR) is 131 cm³/mol. The lowest BCUT2D eigenvalue weighted by atomic mass is 10.1. The van der Waals surface area contributed by atoms with Gasteiger partial charge in [-0.15, -0.1) is 12.6 Å². The van der Waals surface area contributed by atoms with Crippen molar-refractivity contribution in [2.75, 3.05) is 5.73 Å². The molecule has 0 fully saturated rings. The number of anilines is 1. The number of thiol groups is 1. The Morgan fingerprint density at radius 1 is 1.16 bits per heavy atom. The number of nitrogens with zero attached hydrogens (tertiary/aromatic N) is 3. The van der Waals surface area contributed by atoms with Gasteiger partial charge in [0.25, 0.3) is 0 Å². The van der Waals surface area contributed by atoms with E-state index in [1.54, 1.807) is 25.5 Å². The number of rotatable bonds is 5. The van der Waals surface area contributed by atoms with Gasteiger partial charge in [0.2, 0.25) is 0 Å². The van der Waals surface area contributed by atoms with Gasteiger partial charge in [0.1, 0.15) is 6.29 Å². The van der Waals surface area contributed by atoms with E-state index >= 15 is 0 Å². The minimum atomic E-state index is 0.491. The highest BCUT2D eigenvalue weighted by Gasteiger charge is 2.06. The van der Waals surface area contributed by atoms with Gasteiger partial charge in [-0.25, -0.2) is 4.98 Å². The van der Waals surface area contributed by atoms with Crippen molar-refractivity contribution < 1.29 is 4.79 Å². The zero-order chi connectivity index (χ0) is 22.8. The Bertz CT molecular complexity index is 1190. The van der Waals surface area contributed by atoms with Crippen LogP contribution in [0.3, 0.4) is 0 Å². The number of allylic oxidation sites excluding steroid dienone is 5. The first kappa shape index (κ1) is 23.8. The van der Waals surface area contributed by atoms with Gasteiger partial charge in [0.05, 0.1) is 28.6 Å². The van der Waals surface area contributed by atoms with Crippen LogP contribution in [-0.2, 0) is 4.79 Å². The van der Waals surface area contributed by atoms with Crippen LogP contribution in [0.15, 0.2) is 71.1 Å². The fourth-order valence-corrected chi connectivity index (χ4v) is 2.54. The largest absolute Gasteiger partial charge is 0.404 e. The van der Waals surface area contributed by atoms with E-state index in [4.69, 9.17) is 28.5 Å². The van der Waals surface area contributed by atoms with Crippen molar-refractivity contribution >= 4 is 59.0 Å². The van der Waals surface area contributed by atoms with Crippen LogP contribution in [0.5, 0.6) is 0 Å². The molecule has 2 aromatic heterocycles. The zero-order valence-corrected chi connectivity index (χ0v) is 18.3. The van der Waals surface area contributed by atoms with Crippen LogP contribution in [0.2, 0.25) is 0 Å². The second-order valence-corrected chi connectivity index (χ2v) is 7.24. The minimum absolute atomic E-state index is 0.491. The van der Waals surface area contributed by atoms with Crippen molar-refractivity contribution in [3.05, 3.63) is 76.8 Å². The first-order valence-electron chi connectivity index (χ1n) is 8.97. The zero-order valence-electron chi connectivity index (χ0n) is 16.7. The lowest BCUT2D eigenvalue weighted by molar-refractivity contribution is -0.104. The molecule has 0 radical (unpaired) electrons. The fraction of sp³-hybridized carbons (Fsp3) is 0.0455. The van der Waals surface area contributed by atoms with Crippen LogP contribution in [0.1, 0.15) is 12.6 Å². The molecule has 9 heteroatoms. The summed E-state index contributed by atoms with van der Waals surface area (Å²) >= 11 is 9.50. The molecule has 0 aliphatic carbocycles. The van der Waals surface area contributed by atoms with Gasteiger partial charge in [-0.3, -0.25) is 14.8 Å². The van der Waals surface area contributed by atoms with E-state index in [1.165, 1.54) is 18.4 Å². The monoisotopic (exact) mass is 452 g/mol. The van der Waals surface area contributed by atoms with Gasteiger partial charge in [0.15, 0.2) is 0 Å². The number of nitrogen functional groups attached to an aromatic ring is 1. The molecule has 2 heterocycles. The molecule has 0 unspecified atom stereocenters. The average molecular weight is 453 g/mol. The number of halogens is 1. The average Bonchev–Trinajstić information content (AvgIpc) is 2.78. The van der Waals surface area contributed by atoms with E-state index in [9.17, 15) is 4.79 Å². The molecule has 0 saturated carbocycles. The maximum Gasteiger partial charge on any atom is 0.142 e. The second kappa shape index (κ2) is 11.6. The predicted octanol–water partition coefficient (Wildman–Crippen LogP) is 4.36. The molecule has 0 aliphatic heterocycles. The number of hydrogen-bond donors (Lipinski definition) is 4. The van der Waals surface area contributed by atoms with Gasteiger partial charge in [0, 0.05) is 41.0 Å². The number of nitrogens with one attached hydrogen (secondary N) is 1. The summed E-state index contributed by atoms with van der Waals surface area (Å²) in [6.07, 6.45) is 10.9. The number of fused-ring (bicyclic) bond motifs is 1. The number of aromatic nitrogens is 3. The topological polar surface area (TPSA) is 132 Å². The normalized spacial score (nSPS) is 12.2. The first-order chi connectivity index (χ1) is 14.9. The Balaban J connectivity index is 0.000000323. The second-order valence-electron chi connectivity index (χ2n) is 6.16. The third kappa shape index (κ3) is 6.77. The Morgan fingerprint density at radius 2 is 1.94 bits per heavy atom. The number of carbonyl (C=O) groups is 1. The van der Waals surface area contributed by atoms with E-state index in [2.05, 4.69) is 27.6 Å². The number of pyridine rings is 1. The summed E-state index contributed by atoms with van der Waals surface area (Å²) in [5.74, 6) is 0. The molecule has 5 N–H and O–H groups in total. The summed E-state index contributed by atoms with van der Waals surface area (Å²) in [5.41, 5.74) is 16.3. The molecule has 0 atom stereocenters. The van der Waals surface area contributed by atoms with Crippen LogP contribution in [0, 0.1) is 5.41 Å². The lowest BCUT2D eigenvalue weighted by Crippen LogP contribution is -1.96. The lowest BCUT2D eigenvalue weighted by Gasteiger charge is -2.06. The molecule has 158 valence electrons. The molecular weight excluding hydrogens is 432 g/mol. The highest BCUT2D eigenvalue weighted by Crippen LogP contribution is 2.24. The summed E-state index contributed by atoms with van der Waals surface area (Å²) in [6, 6.07) is 7.61. The molecular formula is C22H21ClN6OS. The summed E-state index contributed by atoms with van der Waals surface area (Å²) in [6.45, 7) is 1.75. The smallest absolute Gasteiger partial charge is 0.142 e. The Hall–Kier alpha value is -3.49. The third-order valence-corrected chi connectivity index (χ3v) is 4.71. The molecule has 0 spiro atoms. The molecule has 1 aromatic carbocycles. The molecule has 31 heavy (non-hydrogen) atoms. The Kier molecular flexibility index (Phi) is 8.93. The van der Waals surface area contributed by atoms with Crippen molar-refractivity contribution in [1.29, 1.82) is 5.41 Å². The van der Waals surface area contributed by atoms with Gasteiger partial charge in [-0.05, 0) is 47.7 Å². The molecule has 0 amide bonds. The molecule has 3 rings (SSSR count). The number of hydrogen-bond acceptors (Lipinski definition) is 8. The fourth-order valence-electron chi connectivity index (χ4n) is 2.40. The molecule has 0 saturated heterocycles. The molecule has 7 nitrogen and oxygen atoms in total. The highest BCUT2D eigenvalue weighted by atomic mass is 35.5. The SMILES string of the molecule is C/C(S)=C(Cl)\C=C/C=O.N=C/C(=C\N)c1cnc2ccc(-c3cncc(N)c3)cc2n1. The van der Waals surface area contributed by atoms with Crippen molar-refractivity contribution in [1.82, 2.24) is 15.0 Å². The number of benzene rings is 1. The third-order valence-electron chi connectivity index (χ3n) is 3.93. The number of carbonyl (C=O) groups excluding carboxylic acids is 1. The van der Waals surface area contributed by atoms with Gasteiger partial charge >= 0.3 is 0 Å². The van der Waals surface area contributed by atoms with E-state index in [-0.39, 0.29) is 0 Å². The van der Waals surface area contributed by atoms with Crippen LogP contribution >= 0.6 is 24.2 Å². The summed E-state index contributed by atoms with van der Waals surface area (Å²) in [7, 11) is 0. The van der Waals surface area contributed by atoms with Crippen LogP contribution in [0.25, 0.3) is 27.7 Å². The Morgan fingerprint density at radius 3 is 2.55 bits per heavy atom. The van der Waals surface area contributed by atoms with Gasteiger partial charge < -0.3 is 16.9 Å². The van der Waals surface area contributed by atoms with Gasteiger partial charge in [-0.2, -0.15) is 0 Å². The van der Waals surface area contributed by atoms with Crippen LogP contribution in [-0.4, -0.2) is 27.5 Å². The summed E-state index contributed by atoms with van der Waals surface area (Å²) < 4.78 is 0. The van der Waals surface area contributed by atoms with E-state index in [0.717, 1.165) is 28.4 Å². The molecule has 0 bridgehead atoms. The minimum Gasteiger partial charge on any atom is -0.404 e. The summed E-state index contributed by atoms with van der Waals surface area (Å²) in [4.78, 5) is 23.4. The van der Waals surface area contributed by atoms with Crippen molar-refractivity contribution in [2.45, 2.75) is 6.92 Å². The number of nitrogens with two attached hydrogens (primary N) is 2. The van der Waals surface area contributed by atoms with Crippen molar-refractivity contribution in [3.63, 3.8) is 0 Å². The quantitative estimate of drug-likeness (QED) is 0.149. The van der Waals surface area contributed by atoms with E-state index in [1.807, 2.05) is 24.3 Å². The highest BCUT2D eigenvalue weighted by molar-refractivity contribution is 7.84. The Labute approximate surface area is 190 Å². The maximum atomic E-state index is 9.74. The van der Waals surface area contributed by atoms with E-state index in [0.29, 0.717) is 33.2 Å². The number of aldehydes is 1. The van der Waals surface area contributed by atoms with Crippen LogP contribution in [0.4, 0.5) is 5.69 Å². The first-order valence-corrected chi connectivity index (χ1v) is 9.79. The summed E-state index contributed by atoms with van der Waals surface area (Å²) in [5, 5.41) is 7.83. The van der Waals surface area contributed by atoms with Crippen LogP contribution < -0.4 is 11.5 Å². The van der Waals surface area contributed by atoms with Crippen molar-refractivity contribution in [3.8, 4) is 11.1 Å².